The Labute approximate surface area is 93.9 Å². The Morgan fingerprint density at radius 3 is 2.56 bits per heavy atom. The minimum atomic E-state index is -1.49. The first-order chi connectivity index (χ1) is 7.38. The van der Waals surface area contributed by atoms with Gasteiger partial charge in [0.2, 0.25) is 0 Å². The molecule has 0 bridgehead atoms. The van der Waals surface area contributed by atoms with Crippen molar-refractivity contribution in [1.29, 1.82) is 0 Å². The Kier molecular flexibility index (Phi) is 2.48. The van der Waals surface area contributed by atoms with Gasteiger partial charge in [-0.1, -0.05) is 0 Å². The number of pyridine rings is 1. The molecular formula is C10H14BN3O2. The molecule has 0 saturated heterocycles. The minimum Gasteiger partial charge on any atom is -0.423 e. The van der Waals surface area contributed by atoms with Gasteiger partial charge in [0.15, 0.2) is 5.65 Å². The maximum absolute atomic E-state index is 9.04. The van der Waals surface area contributed by atoms with Crippen LogP contribution in [0.4, 0.5) is 0 Å². The number of fused-ring (bicyclic) bond motifs is 1. The van der Waals surface area contributed by atoms with E-state index in [9.17, 15) is 0 Å². The van der Waals surface area contributed by atoms with Crippen molar-refractivity contribution in [2.24, 2.45) is 0 Å². The fourth-order valence-corrected chi connectivity index (χ4v) is 1.42. The van der Waals surface area contributed by atoms with Crippen molar-refractivity contribution in [1.82, 2.24) is 14.8 Å². The highest BCUT2D eigenvalue weighted by Crippen LogP contribution is 2.16. The van der Waals surface area contributed by atoms with Gasteiger partial charge in [-0.05, 0) is 26.8 Å². The molecule has 0 unspecified atom stereocenters. The van der Waals surface area contributed by atoms with Gasteiger partial charge in [0, 0.05) is 23.2 Å². The largest absolute Gasteiger partial charge is 0.490 e. The minimum absolute atomic E-state index is 0.112. The van der Waals surface area contributed by atoms with Gasteiger partial charge in [0.25, 0.3) is 0 Å². The maximum Gasteiger partial charge on any atom is 0.490 e. The lowest BCUT2D eigenvalue weighted by atomic mass is 9.81. The molecule has 0 radical (unpaired) electrons. The Morgan fingerprint density at radius 2 is 2.00 bits per heavy atom. The quantitative estimate of drug-likeness (QED) is 0.655. The van der Waals surface area contributed by atoms with Gasteiger partial charge in [-0.25, -0.2) is 4.98 Å². The SMILES string of the molecule is CC(C)(C)n1cc2cc(B(O)O)cnc2n1. The number of nitrogens with zero attached hydrogens (tertiary/aromatic N) is 3. The topological polar surface area (TPSA) is 71.2 Å². The summed E-state index contributed by atoms with van der Waals surface area (Å²) in [5.41, 5.74) is 0.874. The first-order valence-electron chi connectivity index (χ1n) is 5.10. The molecule has 0 aliphatic heterocycles. The second kappa shape index (κ2) is 3.57. The smallest absolute Gasteiger partial charge is 0.423 e. The molecule has 0 fully saturated rings. The van der Waals surface area contributed by atoms with Gasteiger partial charge in [-0.3, -0.25) is 4.68 Å². The van der Waals surface area contributed by atoms with E-state index in [4.69, 9.17) is 10.0 Å². The van der Waals surface area contributed by atoms with Crippen LogP contribution in [0.3, 0.4) is 0 Å². The van der Waals surface area contributed by atoms with Crippen molar-refractivity contribution in [3.05, 3.63) is 18.5 Å². The van der Waals surface area contributed by atoms with Gasteiger partial charge in [-0.15, -0.1) is 0 Å². The monoisotopic (exact) mass is 219 g/mol. The van der Waals surface area contributed by atoms with E-state index in [0.717, 1.165) is 5.39 Å². The predicted molar refractivity (Wildman–Crippen MR) is 62.3 cm³/mol. The van der Waals surface area contributed by atoms with Gasteiger partial charge in [0.05, 0.1) is 5.54 Å². The van der Waals surface area contributed by atoms with E-state index in [1.165, 1.54) is 6.20 Å². The summed E-state index contributed by atoms with van der Waals surface area (Å²) in [7, 11) is -1.49. The van der Waals surface area contributed by atoms with E-state index in [1.807, 2.05) is 31.6 Å². The highest BCUT2D eigenvalue weighted by Gasteiger charge is 2.17. The fraction of sp³-hybridized carbons (Fsp3) is 0.400. The lowest BCUT2D eigenvalue weighted by molar-refractivity contribution is 0.358. The molecule has 16 heavy (non-hydrogen) atoms. The third-order valence-electron chi connectivity index (χ3n) is 2.37. The average molecular weight is 219 g/mol. The first-order valence-corrected chi connectivity index (χ1v) is 5.10. The van der Waals surface area contributed by atoms with Crippen LogP contribution in [0.1, 0.15) is 20.8 Å². The van der Waals surface area contributed by atoms with Crippen LogP contribution < -0.4 is 5.46 Å². The second-order valence-electron chi connectivity index (χ2n) is 4.80. The molecule has 0 aromatic carbocycles. The molecule has 0 saturated carbocycles. The molecule has 2 aromatic rings. The summed E-state index contributed by atoms with van der Waals surface area (Å²) in [6.07, 6.45) is 3.28. The Balaban J connectivity index is 2.54. The summed E-state index contributed by atoms with van der Waals surface area (Å²) < 4.78 is 1.82. The summed E-state index contributed by atoms with van der Waals surface area (Å²) in [4.78, 5) is 4.08. The van der Waals surface area contributed by atoms with E-state index >= 15 is 0 Å². The highest BCUT2D eigenvalue weighted by molar-refractivity contribution is 6.58. The number of aromatic nitrogens is 3. The van der Waals surface area contributed by atoms with Crippen LogP contribution in [0.5, 0.6) is 0 Å². The standard InChI is InChI=1S/C10H14BN3O2/c1-10(2,3)14-6-7-4-8(11(15)16)5-12-9(7)13-14/h4-6,15-16H,1-3H3. The van der Waals surface area contributed by atoms with Crippen molar-refractivity contribution in [3.63, 3.8) is 0 Å². The van der Waals surface area contributed by atoms with Gasteiger partial charge in [-0.2, -0.15) is 5.10 Å². The molecule has 6 heteroatoms. The van der Waals surface area contributed by atoms with Crippen molar-refractivity contribution < 1.29 is 10.0 Å². The molecule has 0 amide bonds. The molecule has 0 spiro atoms. The normalized spacial score (nSPS) is 12.1. The number of rotatable bonds is 1. The first kappa shape index (κ1) is 11.1. The molecule has 0 aliphatic rings. The van der Waals surface area contributed by atoms with Crippen molar-refractivity contribution >= 4 is 23.6 Å². The Morgan fingerprint density at radius 1 is 1.31 bits per heavy atom. The Bertz CT molecular complexity index is 516. The zero-order valence-electron chi connectivity index (χ0n) is 9.55. The summed E-state index contributed by atoms with van der Waals surface area (Å²) in [5, 5.41) is 23.2. The fourth-order valence-electron chi connectivity index (χ4n) is 1.42. The Hall–Kier alpha value is -1.40. The van der Waals surface area contributed by atoms with Gasteiger partial charge >= 0.3 is 7.12 Å². The average Bonchev–Trinajstić information content (AvgIpc) is 2.58. The van der Waals surface area contributed by atoms with Gasteiger partial charge in [0.1, 0.15) is 0 Å². The zero-order chi connectivity index (χ0) is 11.9. The van der Waals surface area contributed by atoms with Crippen molar-refractivity contribution in [2.75, 3.05) is 0 Å². The van der Waals surface area contributed by atoms with E-state index in [-0.39, 0.29) is 5.54 Å². The molecule has 2 heterocycles. The summed E-state index contributed by atoms with van der Waals surface area (Å²) >= 11 is 0. The molecule has 0 aliphatic carbocycles. The van der Waals surface area contributed by atoms with E-state index in [2.05, 4.69) is 10.1 Å². The van der Waals surface area contributed by atoms with Crippen LogP contribution in [0.15, 0.2) is 18.5 Å². The molecule has 2 rings (SSSR count). The van der Waals surface area contributed by atoms with Gasteiger partial charge < -0.3 is 10.0 Å². The van der Waals surface area contributed by atoms with E-state index in [0.29, 0.717) is 11.1 Å². The van der Waals surface area contributed by atoms with Crippen molar-refractivity contribution in [2.45, 2.75) is 26.3 Å². The van der Waals surface area contributed by atoms with Crippen LogP contribution >= 0.6 is 0 Å². The van der Waals surface area contributed by atoms with E-state index < -0.39 is 7.12 Å². The second-order valence-corrected chi connectivity index (χ2v) is 4.80. The van der Waals surface area contributed by atoms with Crippen LogP contribution in [0, 0.1) is 0 Å². The lowest BCUT2D eigenvalue weighted by Crippen LogP contribution is -2.29. The third kappa shape index (κ3) is 1.94. The summed E-state index contributed by atoms with van der Waals surface area (Å²) in [6, 6.07) is 1.68. The summed E-state index contributed by atoms with van der Waals surface area (Å²) in [6.45, 7) is 6.13. The number of hydrogen-bond donors (Lipinski definition) is 2. The van der Waals surface area contributed by atoms with Crippen LogP contribution in [0.2, 0.25) is 0 Å². The maximum atomic E-state index is 9.04. The lowest BCUT2D eigenvalue weighted by Gasteiger charge is -2.18. The molecule has 84 valence electrons. The molecule has 2 N–H and O–H groups in total. The van der Waals surface area contributed by atoms with Crippen LogP contribution in [-0.4, -0.2) is 31.9 Å². The molecule has 2 aromatic heterocycles. The van der Waals surface area contributed by atoms with Crippen LogP contribution in [-0.2, 0) is 5.54 Å². The zero-order valence-corrected chi connectivity index (χ0v) is 9.55. The van der Waals surface area contributed by atoms with Crippen LogP contribution in [0.25, 0.3) is 11.0 Å². The van der Waals surface area contributed by atoms with E-state index in [1.54, 1.807) is 6.07 Å². The molecule has 0 atom stereocenters. The highest BCUT2D eigenvalue weighted by atomic mass is 16.4. The number of hydrogen-bond acceptors (Lipinski definition) is 4. The summed E-state index contributed by atoms with van der Waals surface area (Å²) in [5.74, 6) is 0. The molecular weight excluding hydrogens is 205 g/mol. The molecule has 5 nitrogen and oxygen atoms in total. The predicted octanol–water partition coefficient (Wildman–Crippen LogP) is -0.134. The van der Waals surface area contributed by atoms with Crippen molar-refractivity contribution in [3.8, 4) is 0 Å². The third-order valence-corrected chi connectivity index (χ3v) is 2.37.